The number of benzene rings is 1. The van der Waals surface area contributed by atoms with E-state index in [1.54, 1.807) is 6.07 Å². The summed E-state index contributed by atoms with van der Waals surface area (Å²) < 4.78 is 0. The number of H-pyrrole nitrogens is 1. The first-order chi connectivity index (χ1) is 9.79. The minimum Gasteiger partial charge on any atom is -0.508 e. The fraction of sp³-hybridized carbons (Fsp3) is 0.529. The number of phenols is 1. The summed E-state index contributed by atoms with van der Waals surface area (Å²) in [7, 11) is 0. The van der Waals surface area contributed by atoms with E-state index in [1.807, 2.05) is 12.1 Å². The fourth-order valence-corrected chi connectivity index (χ4v) is 4.98. The topological polar surface area (TPSA) is 39.3 Å². The predicted molar refractivity (Wildman–Crippen MR) is 79.1 cm³/mol. The Labute approximate surface area is 118 Å². The Morgan fingerprint density at radius 1 is 1.25 bits per heavy atom. The van der Waals surface area contributed by atoms with E-state index in [4.69, 9.17) is 0 Å². The van der Waals surface area contributed by atoms with Crippen molar-refractivity contribution in [2.75, 3.05) is 13.1 Å². The Kier molecular flexibility index (Phi) is 2.12. The van der Waals surface area contributed by atoms with E-state index >= 15 is 0 Å². The van der Waals surface area contributed by atoms with E-state index in [2.05, 4.69) is 9.88 Å². The summed E-state index contributed by atoms with van der Waals surface area (Å²) in [6.45, 7) is 2.50. The van der Waals surface area contributed by atoms with Crippen molar-refractivity contribution in [3.8, 4) is 5.75 Å². The number of aromatic nitrogens is 1. The molecule has 1 aromatic carbocycles. The van der Waals surface area contributed by atoms with Crippen molar-refractivity contribution in [3.63, 3.8) is 0 Å². The van der Waals surface area contributed by atoms with Gasteiger partial charge >= 0.3 is 0 Å². The third-order valence-electron chi connectivity index (χ3n) is 5.83. The van der Waals surface area contributed by atoms with Gasteiger partial charge in [-0.3, -0.25) is 4.90 Å². The van der Waals surface area contributed by atoms with Gasteiger partial charge in [0, 0.05) is 41.6 Å². The van der Waals surface area contributed by atoms with Gasteiger partial charge in [-0.2, -0.15) is 0 Å². The molecule has 4 aliphatic rings. The van der Waals surface area contributed by atoms with Gasteiger partial charge in [0.1, 0.15) is 5.75 Å². The number of aromatic amines is 1. The Morgan fingerprint density at radius 2 is 2.20 bits per heavy atom. The summed E-state index contributed by atoms with van der Waals surface area (Å²) in [6, 6.07) is 6.51. The van der Waals surface area contributed by atoms with Crippen LogP contribution >= 0.6 is 0 Å². The summed E-state index contributed by atoms with van der Waals surface area (Å²) in [5.41, 5.74) is 4.14. The molecular formula is C17H20N2O. The second-order valence-electron chi connectivity index (χ2n) is 6.84. The highest BCUT2D eigenvalue weighted by molar-refractivity contribution is 5.86. The molecule has 3 fully saturated rings. The molecule has 3 aliphatic heterocycles. The van der Waals surface area contributed by atoms with Gasteiger partial charge in [-0.15, -0.1) is 0 Å². The molecule has 0 amide bonds. The molecule has 0 spiro atoms. The van der Waals surface area contributed by atoms with Crippen LogP contribution < -0.4 is 0 Å². The van der Waals surface area contributed by atoms with E-state index in [0.29, 0.717) is 11.7 Å². The molecule has 3 nitrogen and oxygen atoms in total. The standard InChI is InChI=1S/C17H20N2O/c20-11-2-3-15-13(8-11)12-5-6-19-9-10-1-4-16(19)14(7-10)17(12)18-15/h2-3,8,10,14,16,18,20H,1,4-7,9H2. The van der Waals surface area contributed by atoms with Crippen LogP contribution in [-0.2, 0) is 6.42 Å². The lowest BCUT2D eigenvalue weighted by Crippen LogP contribution is -2.51. The van der Waals surface area contributed by atoms with Crippen molar-refractivity contribution in [1.82, 2.24) is 9.88 Å². The van der Waals surface area contributed by atoms with Gasteiger partial charge in [0.25, 0.3) is 0 Å². The van der Waals surface area contributed by atoms with Gasteiger partial charge in [0.2, 0.25) is 0 Å². The van der Waals surface area contributed by atoms with Crippen LogP contribution in [-0.4, -0.2) is 34.1 Å². The number of hydrogen-bond acceptors (Lipinski definition) is 2. The fourth-order valence-electron chi connectivity index (χ4n) is 4.98. The third kappa shape index (κ3) is 1.39. The van der Waals surface area contributed by atoms with Gasteiger partial charge in [-0.25, -0.2) is 0 Å². The zero-order valence-electron chi connectivity index (χ0n) is 11.6. The SMILES string of the molecule is Oc1ccc2[nH]c3c(c2c1)CCN1CC2CCC1C3C2. The Balaban J connectivity index is 1.72. The average molecular weight is 268 g/mol. The monoisotopic (exact) mass is 268 g/mol. The van der Waals surface area contributed by atoms with Gasteiger partial charge in [-0.1, -0.05) is 0 Å². The van der Waals surface area contributed by atoms with Crippen molar-refractivity contribution in [2.45, 2.75) is 37.6 Å². The van der Waals surface area contributed by atoms with E-state index < -0.39 is 0 Å². The van der Waals surface area contributed by atoms with Crippen molar-refractivity contribution < 1.29 is 5.11 Å². The van der Waals surface area contributed by atoms with Crippen molar-refractivity contribution in [2.24, 2.45) is 5.92 Å². The molecule has 3 heteroatoms. The number of nitrogens with one attached hydrogen (secondary N) is 1. The lowest BCUT2D eigenvalue weighted by molar-refractivity contribution is 0.0350. The van der Waals surface area contributed by atoms with Gasteiger partial charge in [-0.05, 0) is 55.4 Å². The smallest absolute Gasteiger partial charge is 0.116 e. The molecule has 1 aromatic heterocycles. The van der Waals surface area contributed by atoms with Crippen LogP contribution in [0.1, 0.15) is 36.4 Å². The molecule has 4 atom stereocenters. The molecule has 0 radical (unpaired) electrons. The molecule has 6 rings (SSSR count). The Hall–Kier alpha value is -1.48. The molecule has 1 saturated carbocycles. The highest BCUT2D eigenvalue weighted by Gasteiger charge is 2.44. The second-order valence-corrected chi connectivity index (χ2v) is 6.84. The first-order valence-corrected chi connectivity index (χ1v) is 7.87. The molecule has 4 heterocycles. The average Bonchev–Trinajstić information content (AvgIpc) is 2.78. The lowest BCUT2D eigenvalue weighted by atomic mass is 9.72. The van der Waals surface area contributed by atoms with E-state index in [1.165, 1.54) is 54.5 Å². The normalized spacial score (nSPS) is 35.0. The number of fused-ring (bicyclic) bond motifs is 4. The van der Waals surface area contributed by atoms with Gasteiger partial charge < -0.3 is 10.1 Å². The molecule has 20 heavy (non-hydrogen) atoms. The van der Waals surface area contributed by atoms with E-state index in [-0.39, 0.29) is 0 Å². The number of piperidine rings is 2. The highest BCUT2D eigenvalue weighted by Crippen LogP contribution is 2.47. The first kappa shape index (κ1) is 11.2. The zero-order chi connectivity index (χ0) is 13.3. The molecule has 2 aromatic rings. The van der Waals surface area contributed by atoms with E-state index in [9.17, 15) is 5.11 Å². The van der Waals surface area contributed by atoms with Crippen molar-refractivity contribution in [1.29, 1.82) is 0 Å². The minimum absolute atomic E-state index is 0.383. The maximum Gasteiger partial charge on any atom is 0.116 e. The Bertz CT molecular complexity index is 690. The van der Waals surface area contributed by atoms with Crippen molar-refractivity contribution in [3.05, 3.63) is 29.5 Å². The molecular weight excluding hydrogens is 248 g/mol. The van der Waals surface area contributed by atoms with E-state index in [0.717, 1.165) is 18.4 Å². The largest absolute Gasteiger partial charge is 0.508 e. The zero-order valence-corrected chi connectivity index (χ0v) is 11.6. The lowest BCUT2D eigenvalue weighted by Gasteiger charge is -2.48. The van der Waals surface area contributed by atoms with Crippen LogP contribution in [0.5, 0.6) is 5.75 Å². The number of rotatable bonds is 0. The molecule has 2 saturated heterocycles. The molecule has 104 valence electrons. The molecule has 4 unspecified atom stereocenters. The van der Waals surface area contributed by atoms with Crippen LogP contribution in [0.15, 0.2) is 18.2 Å². The Morgan fingerprint density at radius 3 is 3.10 bits per heavy atom. The summed E-state index contributed by atoms with van der Waals surface area (Å²) in [5.74, 6) is 1.97. The number of nitrogens with zero attached hydrogens (tertiary/aromatic N) is 1. The summed E-state index contributed by atoms with van der Waals surface area (Å²) in [5, 5.41) is 11.0. The number of phenolic OH excluding ortho intramolecular Hbond substituents is 1. The maximum atomic E-state index is 9.79. The second kappa shape index (κ2) is 3.79. The van der Waals surface area contributed by atoms with Crippen LogP contribution in [0.25, 0.3) is 10.9 Å². The van der Waals surface area contributed by atoms with Crippen LogP contribution in [0.3, 0.4) is 0 Å². The number of hydrogen-bond donors (Lipinski definition) is 2. The van der Waals surface area contributed by atoms with Gasteiger partial charge in [0.15, 0.2) is 0 Å². The predicted octanol–water partition coefficient (Wildman–Crippen LogP) is 3.00. The van der Waals surface area contributed by atoms with Crippen LogP contribution in [0, 0.1) is 5.92 Å². The molecule has 4 bridgehead atoms. The van der Waals surface area contributed by atoms with Crippen molar-refractivity contribution >= 4 is 10.9 Å². The van der Waals surface area contributed by atoms with Crippen LogP contribution in [0.4, 0.5) is 0 Å². The maximum absolute atomic E-state index is 9.79. The summed E-state index contributed by atoms with van der Waals surface area (Å²) in [4.78, 5) is 6.41. The summed E-state index contributed by atoms with van der Waals surface area (Å²) in [6.07, 6.45) is 5.27. The minimum atomic E-state index is 0.383. The number of aromatic hydroxyl groups is 1. The molecule has 2 N–H and O–H groups in total. The highest BCUT2D eigenvalue weighted by atomic mass is 16.3. The first-order valence-electron chi connectivity index (χ1n) is 7.87. The third-order valence-corrected chi connectivity index (χ3v) is 5.83. The van der Waals surface area contributed by atoms with Crippen LogP contribution in [0.2, 0.25) is 0 Å². The molecule has 1 aliphatic carbocycles. The van der Waals surface area contributed by atoms with Gasteiger partial charge in [0.05, 0.1) is 0 Å². The summed E-state index contributed by atoms with van der Waals surface area (Å²) >= 11 is 0. The quantitative estimate of drug-likeness (QED) is 0.771.